The Bertz CT molecular complexity index is 147. The van der Waals surface area contributed by atoms with Crippen molar-refractivity contribution in [3.63, 3.8) is 0 Å². The minimum atomic E-state index is -1.17. The molecule has 13 heavy (non-hydrogen) atoms. The van der Waals surface area contributed by atoms with E-state index in [0.717, 1.165) is 0 Å². The van der Waals surface area contributed by atoms with Gasteiger partial charge in [0.1, 0.15) is 18.3 Å². The van der Waals surface area contributed by atoms with Gasteiger partial charge in [-0.05, 0) is 0 Å². The molecule has 0 spiro atoms. The highest BCUT2D eigenvalue weighted by molar-refractivity contribution is 4.91. The zero-order chi connectivity index (χ0) is 10.0. The quantitative estimate of drug-likeness (QED) is 0.383. The second-order valence-corrected chi connectivity index (χ2v) is 3.02. The number of nitrogens with two attached hydrogens (primary N) is 1. The Hall–Kier alpha value is -0.240. The predicted octanol–water partition coefficient (Wildman–Crippen LogP) is -2.60. The van der Waals surface area contributed by atoms with E-state index in [0.29, 0.717) is 0 Å². The van der Waals surface area contributed by atoms with Crippen molar-refractivity contribution < 1.29 is 24.8 Å². The molecule has 5 atom stereocenters. The van der Waals surface area contributed by atoms with Crippen molar-refractivity contribution in [2.45, 2.75) is 30.6 Å². The smallest absolute Gasteiger partial charge is 0.175 e. The van der Waals surface area contributed by atoms with E-state index in [9.17, 15) is 10.2 Å². The molecule has 1 aliphatic heterocycles. The number of methoxy groups -OCH3 is 1. The first-order valence-corrected chi connectivity index (χ1v) is 4.02. The summed E-state index contributed by atoms with van der Waals surface area (Å²) in [7, 11) is 1.38. The van der Waals surface area contributed by atoms with Gasteiger partial charge in [-0.3, -0.25) is 0 Å². The Balaban J connectivity index is 2.66. The second kappa shape index (κ2) is 4.32. The largest absolute Gasteiger partial charge is 0.394 e. The van der Waals surface area contributed by atoms with E-state index in [1.165, 1.54) is 7.11 Å². The summed E-state index contributed by atoms with van der Waals surface area (Å²) in [6.45, 7) is -0.384. The Morgan fingerprint density at radius 3 is 2.46 bits per heavy atom. The Morgan fingerprint density at radius 2 is 2.00 bits per heavy atom. The monoisotopic (exact) mass is 193 g/mol. The van der Waals surface area contributed by atoms with Gasteiger partial charge < -0.3 is 30.5 Å². The van der Waals surface area contributed by atoms with Crippen molar-refractivity contribution in [2.24, 2.45) is 5.73 Å². The molecule has 6 heteroatoms. The molecule has 0 aliphatic carbocycles. The van der Waals surface area contributed by atoms with Crippen LogP contribution in [0.15, 0.2) is 0 Å². The first-order valence-electron chi connectivity index (χ1n) is 4.02. The fourth-order valence-corrected chi connectivity index (χ4v) is 1.32. The molecule has 1 saturated heterocycles. The molecular formula is C7H15NO5. The summed E-state index contributed by atoms with van der Waals surface area (Å²) in [6.07, 6.45) is -3.96. The van der Waals surface area contributed by atoms with Crippen LogP contribution in [0.2, 0.25) is 0 Å². The van der Waals surface area contributed by atoms with E-state index >= 15 is 0 Å². The zero-order valence-electron chi connectivity index (χ0n) is 7.33. The van der Waals surface area contributed by atoms with Crippen molar-refractivity contribution in [3.05, 3.63) is 0 Å². The Morgan fingerprint density at radius 1 is 1.38 bits per heavy atom. The number of rotatable bonds is 2. The summed E-state index contributed by atoms with van der Waals surface area (Å²) in [4.78, 5) is 0. The molecule has 0 aromatic rings. The van der Waals surface area contributed by atoms with Crippen molar-refractivity contribution in [1.82, 2.24) is 0 Å². The summed E-state index contributed by atoms with van der Waals surface area (Å²) in [5.74, 6) is 0. The second-order valence-electron chi connectivity index (χ2n) is 3.02. The molecule has 0 bridgehead atoms. The lowest BCUT2D eigenvalue weighted by molar-refractivity contribution is -0.257. The van der Waals surface area contributed by atoms with E-state index < -0.39 is 30.6 Å². The van der Waals surface area contributed by atoms with Crippen LogP contribution >= 0.6 is 0 Å². The van der Waals surface area contributed by atoms with Gasteiger partial charge in [0.2, 0.25) is 0 Å². The summed E-state index contributed by atoms with van der Waals surface area (Å²) in [5, 5.41) is 27.5. The molecule has 1 aliphatic rings. The van der Waals surface area contributed by atoms with Crippen LogP contribution in [0.3, 0.4) is 0 Å². The highest BCUT2D eigenvalue weighted by Crippen LogP contribution is 2.19. The zero-order valence-corrected chi connectivity index (χ0v) is 7.33. The van der Waals surface area contributed by atoms with Crippen LogP contribution in [-0.4, -0.2) is 59.7 Å². The van der Waals surface area contributed by atoms with Gasteiger partial charge in [-0.15, -0.1) is 0 Å². The van der Waals surface area contributed by atoms with Gasteiger partial charge in [-0.2, -0.15) is 0 Å². The van der Waals surface area contributed by atoms with E-state index in [2.05, 4.69) is 0 Å². The van der Waals surface area contributed by atoms with E-state index in [-0.39, 0.29) is 6.61 Å². The Labute approximate surface area is 75.9 Å². The number of hydrogen-bond acceptors (Lipinski definition) is 6. The lowest BCUT2D eigenvalue weighted by Gasteiger charge is -2.39. The summed E-state index contributed by atoms with van der Waals surface area (Å²) < 4.78 is 9.90. The number of ether oxygens (including phenoxy) is 2. The standard InChI is InChI=1S/C7H15NO5/c1-12-7-4(8)6(11)5(10)3(2-9)13-7/h3-7,9-11H,2,8H2,1H3/t3-,4?,5?,6-,7?/m1/s1. The van der Waals surface area contributed by atoms with Crippen LogP contribution in [0, 0.1) is 0 Å². The van der Waals surface area contributed by atoms with Crippen LogP contribution in [0.4, 0.5) is 0 Å². The van der Waals surface area contributed by atoms with Crippen LogP contribution in [0.1, 0.15) is 0 Å². The van der Waals surface area contributed by atoms with Gasteiger partial charge in [-0.25, -0.2) is 0 Å². The summed E-state index contributed by atoms with van der Waals surface area (Å²) in [5.41, 5.74) is 5.50. The maximum absolute atomic E-state index is 9.40. The van der Waals surface area contributed by atoms with Crippen LogP contribution < -0.4 is 5.73 Å². The van der Waals surface area contributed by atoms with Crippen LogP contribution in [0.5, 0.6) is 0 Å². The maximum Gasteiger partial charge on any atom is 0.175 e. The molecule has 0 radical (unpaired) electrons. The molecule has 6 nitrogen and oxygen atoms in total. The molecule has 5 N–H and O–H groups in total. The van der Waals surface area contributed by atoms with Gasteiger partial charge in [0.05, 0.1) is 12.6 Å². The lowest BCUT2D eigenvalue weighted by atomic mass is 9.98. The van der Waals surface area contributed by atoms with Gasteiger partial charge in [0.15, 0.2) is 6.29 Å². The molecule has 1 rings (SSSR count). The van der Waals surface area contributed by atoms with E-state index in [4.69, 9.17) is 20.3 Å². The number of aliphatic hydroxyl groups is 3. The van der Waals surface area contributed by atoms with Gasteiger partial charge in [0.25, 0.3) is 0 Å². The molecule has 0 aromatic heterocycles. The van der Waals surface area contributed by atoms with Gasteiger partial charge in [0, 0.05) is 7.11 Å². The van der Waals surface area contributed by atoms with E-state index in [1.807, 2.05) is 0 Å². The molecule has 0 amide bonds. The SMILES string of the molecule is COC1O[C@H](CO)C(O)[C@H](O)C1N. The summed E-state index contributed by atoms with van der Waals surface area (Å²) >= 11 is 0. The molecule has 0 saturated carbocycles. The van der Waals surface area contributed by atoms with Gasteiger partial charge in [-0.1, -0.05) is 0 Å². The van der Waals surface area contributed by atoms with Crippen molar-refractivity contribution in [1.29, 1.82) is 0 Å². The molecule has 78 valence electrons. The third-order valence-electron chi connectivity index (χ3n) is 2.16. The predicted molar refractivity (Wildman–Crippen MR) is 42.7 cm³/mol. The normalized spacial score (nSPS) is 46.4. The molecule has 0 aromatic carbocycles. The summed E-state index contributed by atoms with van der Waals surface area (Å²) in [6, 6.07) is -0.803. The number of aliphatic hydroxyl groups excluding tert-OH is 3. The van der Waals surface area contributed by atoms with Crippen molar-refractivity contribution in [2.75, 3.05) is 13.7 Å². The topological polar surface area (TPSA) is 105 Å². The minimum absolute atomic E-state index is 0.384. The van der Waals surface area contributed by atoms with Crippen molar-refractivity contribution >= 4 is 0 Å². The highest BCUT2D eigenvalue weighted by Gasteiger charge is 2.42. The van der Waals surface area contributed by atoms with Gasteiger partial charge >= 0.3 is 0 Å². The lowest BCUT2D eigenvalue weighted by Crippen LogP contribution is -2.62. The fourth-order valence-electron chi connectivity index (χ4n) is 1.32. The molecular weight excluding hydrogens is 178 g/mol. The highest BCUT2D eigenvalue weighted by atomic mass is 16.7. The minimum Gasteiger partial charge on any atom is -0.394 e. The molecule has 3 unspecified atom stereocenters. The first-order chi connectivity index (χ1) is 6.11. The maximum atomic E-state index is 9.40. The van der Waals surface area contributed by atoms with E-state index in [1.54, 1.807) is 0 Å². The third-order valence-corrected chi connectivity index (χ3v) is 2.16. The van der Waals surface area contributed by atoms with Crippen molar-refractivity contribution in [3.8, 4) is 0 Å². The fraction of sp³-hybridized carbons (Fsp3) is 1.00. The Kier molecular flexibility index (Phi) is 3.60. The molecule has 1 fully saturated rings. The first kappa shape index (κ1) is 10.8. The van der Waals surface area contributed by atoms with Crippen LogP contribution in [0.25, 0.3) is 0 Å². The molecule has 1 heterocycles. The number of hydrogen-bond donors (Lipinski definition) is 4. The average molecular weight is 193 g/mol. The van der Waals surface area contributed by atoms with Crippen LogP contribution in [-0.2, 0) is 9.47 Å². The third kappa shape index (κ3) is 1.98. The average Bonchev–Trinajstić information content (AvgIpc) is 2.15.